The van der Waals surface area contributed by atoms with E-state index in [1.165, 1.54) is 6.42 Å². The molecule has 3 heteroatoms. The second-order valence-electron chi connectivity index (χ2n) is 5.70. The third-order valence-electron chi connectivity index (χ3n) is 3.71. The quantitative estimate of drug-likeness (QED) is 0.904. The van der Waals surface area contributed by atoms with Gasteiger partial charge in [0, 0.05) is 6.04 Å². The molecule has 0 spiro atoms. The molecule has 0 heterocycles. The maximum Gasteiger partial charge on any atom is 0.260 e. The molecule has 1 saturated carbocycles. The summed E-state index contributed by atoms with van der Waals surface area (Å²) < 4.78 is 5.68. The Morgan fingerprint density at radius 2 is 2.21 bits per heavy atom. The van der Waals surface area contributed by atoms with Crippen molar-refractivity contribution in [2.24, 2.45) is 5.92 Å². The van der Waals surface area contributed by atoms with Crippen LogP contribution >= 0.6 is 0 Å². The van der Waals surface area contributed by atoms with Gasteiger partial charge in [0.25, 0.3) is 5.91 Å². The van der Waals surface area contributed by atoms with Gasteiger partial charge in [-0.1, -0.05) is 19.1 Å². The molecule has 104 valence electrons. The third kappa shape index (κ3) is 3.98. The van der Waals surface area contributed by atoms with Crippen molar-refractivity contribution in [1.29, 1.82) is 0 Å². The standard InChI is InChI=1S/C16H23NO2/c1-11-5-4-6-15(10-11)19-13(3)16(18)17-14-8-7-12(2)9-14/h4-6,10,12-14H,7-9H2,1-3H3,(H,17,18). The van der Waals surface area contributed by atoms with Gasteiger partial charge in [-0.15, -0.1) is 0 Å². The van der Waals surface area contributed by atoms with E-state index in [9.17, 15) is 4.79 Å². The van der Waals surface area contributed by atoms with Crippen LogP contribution in [0.1, 0.15) is 38.7 Å². The number of carbonyl (C=O) groups is 1. The van der Waals surface area contributed by atoms with E-state index in [1.807, 2.05) is 31.2 Å². The topological polar surface area (TPSA) is 38.3 Å². The zero-order chi connectivity index (χ0) is 13.8. The Kier molecular flexibility index (Phi) is 4.46. The molecule has 1 aromatic carbocycles. The van der Waals surface area contributed by atoms with Gasteiger partial charge in [0.05, 0.1) is 0 Å². The molecule has 0 saturated heterocycles. The SMILES string of the molecule is Cc1cccc(OC(C)C(=O)NC2CCC(C)C2)c1. The largest absolute Gasteiger partial charge is 0.481 e. The molecule has 1 aliphatic carbocycles. The second kappa shape index (κ2) is 6.09. The number of amides is 1. The molecule has 19 heavy (non-hydrogen) atoms. The molecule has 1 aliphatic rings. The highest BCUT2D eigenvalue weighted by molar-refractivity contribution is 5.81. The summed E-state index contributed by atoms with van der Waals surface area (Å²) in [4.78, 5) is 12.1. The minimum Gasteiger partial charge on any atom is -0.481 e. The fraction of sp³-hybridized carbons (Fsp3) is 0.562. The third-order valence-corrected chi connectivity index (χ3v) is 3.71. The van der Waals surface area contributed by atoms with Gasteiger partial charge in [0.2, 0.25) is 0 Å². The van der Waals surface area contributed by atoms with Crippen molar-refractivity contribution >= 4 is 5.91 Å². The van der Waals surface area contributed by atoms with E-state index in [2.05, 4.69) is 12.2 Å². The van der Waals surface area contributed by atoms with Gasteiger partial charge < -0.3 is 10.1 Å². The highest BCUT2D eigenvalue weighted by atomic mass is 16.5. The average molecular weight is 261 g/mol. The zero-order valence-corrected chi connectivity index (χ0v) is 12.0. The molecular formula is C16H23NO2. The van der Waals surface area contributed by atoms with Crippen LogP contribution in [-0.2, 0) is 4.79 Å². The molecule has 0 aromatic heterocycles. The lowest BCUT2D eigenvalue weighted by Gasteiger charge is -2.18. The number of hydrogen-bond acceptors (Lipinski definition) is 2. The van der Waals surface area contributed by atoms with Gasteiger partial charge in [-0.05, 0) is 56.7 Å². The van der Waals surface area contributed by atoms with Gasteiger partial charge in [-0.25, -0.2) is 0 Å². The summed E-state index contributed by atoms with van der Waals surface area (Å²) in [5.41, 5.74) is 1.13. The first-order chi connectivity index (χ1) is 9.04. The van der Waals surface area contributed by atoms with Crippen molar-refractivity contribution in [3.63, 3.8) is 0 Å². The average Bonchev–Trinajstić information content (AvgIpc) is 2.74. The maximum atomic E-state index is 12.1. The summed E-state index contributed by atoms with van der Waals surface area (Å²) in [5, 5.41) is 3.08. The molecule has 3 nitrogen and oxygen atoms in total. The monoisotopic (exact) mass is 261 g/mol. The fourth-order valence-electron chi connectivity index (χ4n) is 2.60. The number of rotatable bonds is 4. The molecule has 0 radical (unpaired) electrons. The minimum atomic E-state index is -0.447. The Labute approximate surface area is 115 Å². The molecule has 3 unspecified atom stereocenters. The number of benzene rings is 1. The number of hydrogen-bond donors (Lipinski definition) is 1. The molecule has 1 amide bonds. The van der Waals surface area contributed by atoms with Crippen LogP contribution in [0, 0.1) is 12.8 Å². The van der Waals surface area contributed by atoms with Crippen LogP contribution in [0.2, 0.25) is 0 Å². The normalized spacial score (nSPS) is 23.9. The predicted octanol–water partition coefficient (Wildman–Crippen LogP) is 3.07. The summed E-state index contributed by atoms with van der Waals surface area (Å²) in [7, 11) is 0. The second-order valence-corrected chi connectivity index (χ2v) is 5.70. The molecule has 1 N–H and O–H groups in total. The summed E-state index contributed by atoms with van der Waals surface area (Å²) in [6.07, 6.45) is 2.93. The van der Waals surface area contributed by atoms with Crippen LogP contribution in [0.3, 0.4) is 0 Å². The van der Waals surface area contributed by atoms with E-state index in [4.69, 9.17) is 4.74 Å². The van der Waals surface area contributed by atoms with Crippen molar-refractivity contribution in [3.05, 3.63) is 29.8 Å². The predicted molar refractivity (Wildman–Crippen MR) is 76.2 cm³/mol. The first-order valence-electron chi connectivity index (χ1n) is 7.08. The molecule has 1 fully saturated rings. The lowest BCUT2D eigenvalue weighted by Crippen LogP contribution is -2.41. The van der Waals surface area contributed by atoms with Crippen LogP contribution in [0.5, 0.6) is 5.75 Å². The zero-order valence-electron chi connectivity index (χ0n) is 12.0. The van der Waals surface area contributed by atoms with Gasteiger partial charge >= 0.3 is 0 Å². The number of aryl methyl sites for hydroxylation is 1. The lowest BCUT2D eigenvalue weighted by atomic mass is 10.1. The van der Waals surface area contributed by atoms with Crippen LogP contribution in [0.15, 0.2) is 24.3 Å². The van der Waals surface area contributed by atoms with Crippen molar-refractivity contribution in [3.8, 4) is 5.75 Å². The Bertz CT molecular complexity index is 444. The minimum absolute atomic E-state index is 0.0133. The molecular weight excluding hydrogens is 238 g/mol. The highest BCUT2D eigenvalue weighted by Gasteiger charge is 2.25. The lowest BCUT2D eigenvalue weighted by molar-refractivity contribution is -0.127. The fourth-order valence-corrected chi connectivity index (χ4v) is 2.60. The first kappa shape index (κ1) is 13.9. The van der Waals surface area contributed by atoms with Crippen molar-refractivity contribution in [2.45, 2.75) is 52.2 Å². The van der Waals surface area contributed by atoms with Crippen molar-refractivity contribution in [1.82, 2.24) is 5.32 Å². The van der Waals surface area contributed by atoms with Crippen molar-refractivity contribution < 1.29 is 9.53 Å². The Morgan fingerprint density at radius 3 is 2.84 bits per heavy atom. The molecule has 1 aromatic rings. The summed E-state index contributed by atoms with van der Waals surface area (Å²) in [5.74, 6) is 1.46. The Morgan fingerprint density at radius 1 is 1.42 bits per heavy atom. The molecule has 0 aliphatic heterocycles. The molecule has 0 bridgehead atoms. The van der Waals surface area contributed by atoms with Crippen LogP contribution in [-0.4, -0.2) is 18.1 Å². The van der Waals surface area contributed by atoms with Gasteiger partial charge in [0.15, 0.2) is 6.10 Å². The highest BCUT2D eigenvalue weighted by Crippen LogP contribution is 2.24. The van der Waals surface area contributed by atoms with E-state index >= 15 is 0 Å². The van der Waals surface area contributed by atoms with Gasteiger partial charge in [-0.3, -0.25) is 4.79 Å². The summed E-state index contributed by atoms with van der Waals surface area (Å²) in [6.45, 7) is 6.05. The van der Waals surface area contributed by atoms with E-state index in [0.29, 0.717) is 6.04 Å². The van der Waals surface area contributed by atoms with E-state index < -0.39 is 6.10 Å². The van der Waals surface area contributed by atoms with Crippen LogP contribution < -0.4 is 10.1 Å². The van der Waals surface area contributed by atoms with Gasteiger partial charge in [-0.2, -0.15) is 0 Å². The number of nitrogens with one attached hydrogen (secondary N) is 1. The number of carbonyl (C=O) groups excluding carboxylic acids is 1. The van der Waals surface area contributed by atoms with Gasteiger partial charge in [0.1, 0.15) is 5.75 Å². The van der Waals surface area contributed by atoms with Crippen molar-refractivity contribution in [2.75, 3.05) is 0 Å². The van der Waals surface area contributed by atoms with Crippen LogP contribution in [0.25, 0.3) is 0 Å². The molecule has 2 rings (SSSR count). The maximum absolute atomic E-state index is 12.1. The van der Waals surface area contributed by atoms with Crippen LogP contribution in [0.4, 0.5) is 0 Å². The van der Waals surface area contributed by atoms with E-state index in [1.54, 1.807) is 6.92 Å². The van der Waals surface area contributed by atoms with E-state index in [0.717, 1.165) is 30.1 Å². The smallest absolute Gasteiger partial charge is 0.260 e. The van der Waals surface area contributed by atoms with E-state index in [-0.39, 0.29) is 5.91 Å². The summed E-state index contributed by atoms with van der Waals surface area (Å²) >= 11 is 0. The summed E-state index contributed by atoms with van der Waals surface area (Å²) in [6, 6.07) is 8.10. The Balaban J connectivity index is 1.85. The number of ether oxygens (including phenoxy) is 1. The molecule has 3 atom stereocenters. The first-order valence-corrected chi connectivity index (χ1v) is 7.08. The Hall–Kier alpha value is -1.51.